The molecule has 0 radical (unpaired) electrons. The van der Waals surface area contributed by atoms with E-state index in [1.54, 1.807) is 4.90 Å². The van der Waals surface area contributed by atoms with Gasteiger partial charge in [0.15, 0.2) is 5.78 Å². The molecule has 0 bridgehead atoms. The Labute approximate surface area is 132 Å². The number of carbonyl (C=O) groups is 1. The number of nitro groups is 1. The first-order valence-electron chi connectivity index (χ1n) is 6.27. The molecule has 0 aliphatic carbocycles. The van der Waals surface area contributed by atoms with Gasteiger partial charge in [-0.25, -0.2) is 0 Å². The molecule has 0 atom stereocenters. The number of carbonyl (C=O) groups excluding carboxylic acids is 1. The molecule has 0 spiro atoms. The summed E-state index contributed by atoms with van der Waals surface area (Å²) in [5, 5.41) is 11.2. The number of benzene rings is 1. The fraction of sp³-hybridized carbons (Fsp3) is 0.385. The van der Waals surface area contributed by atoms with Crippen molar-refractivity contribution < 1.29 is 14.5 Å². The van der Waals surface area contributed by atoms with E-state index in [1.807, 2.05) is 13.8 Å². The van der Waals surface area contributed by atoms with Crippen LogP contribution in [0, 0.1) is 10.1 Å². The minimum absolute atomic E-state index is 0.0242. The molecule has 0 aromatic heterocycles. The van der Waals surface area contributed by atoms with Crippen LogP contribution >= 0.6 is 23.8 Å². The summed E-state index contributed by atoms with van der Waals surface area (Å²) < 4.78 is 5.39. The fourth-order valence-electron chi connectivity index (χ4n) is 1.65. The van der Waals surface area contributed by atoms with Gasteiger partial charge in [-0.1, -0.05) is 11.6 Å². The van der Waals surface area contributed by atoms with Crippen LogP contribution in [0.4, 0.5) is 5.69 Å². The Morgan fingerprint density at radius 3 is 2.43 bits per heavy atom. The lowest BCUT2D eigenvalue weighted by Gasteiger charge is -2.21. The van der Waals surface area contributed by atoms with Gasteiger partial charge in [0.05, 0.1) is 9.95 Å². The summed E-state index contributed by atoms with van der Waals surface area (Å²) in [6.45, 7) is 6.27. The van der Waals surface area contributed by atoms with Gasteiger partial charge in [-0.2, -0.15) is 0 Å². The molecule has 0 N–H and O–H groups in total. The number of rotatable bonds is 5. The third-order valence-corrected chi connectivity index (χ3v) is 3.46. The van der Waals surface area contributed by atoms with Crippen LogP contribution in [0.25, 0.3) is 0 Å². The Bertz CT molecular complexity index is 588. The number of nitro benzene ring substituents is 1. The number of ketones is 1. The molecule has 1 aromatic rings. The zero-order valence-electron chi connectivity index (χ0n) is 11.9. The quantitative estimate of drug-likeness (QED) is 0.356. The molecule has 1 aromatic carbocycles. The lowest BCUT2D eigenvalue weighted by atomic mass is 10.1. The van der Waals surface area contributed by atoms with Crippen molar-refractivity contribution in [2.24, 2.45) is 0 Å². The lowest BCUT2D eigenvalue weighted by Crippen LogP contribution is -2.33. The molecule has 0 saturated heterocycles. The van der Waals surface area contributed by atoms with Gasteiger partial charge in [-0.3, -0.25) is 14.9 Å². The van der Waals surface area contributed by atoms with Crippen LogP contribution in [-0.4, -0.2) is 33.9 Å². The molecule has 6 nitrogen and oxygen atoms in total. The van der Waals surface area contributed by atoms with E-state index in [9.17, 15) is 14.9 Å². The predicted octanol–water partition coefficient (Wildman–Crippen LogP) is 3.46. The van der Waals surface area contributed by atoms with E-state index in [0.29, 0.717) is 13.1 Å². The van der Waals surface area contributed by atoms with E-state index < -0.39 is 4.92 Å². The first-order chi connectivity index (χ1) is 9.81. The summed E-state index contributed by atoms with van der Waals surface area (Å²) in [6, 6.07) is 2.46. The number of hydrogen-bond acceptors (Lipinski definition) is 5. The largest absolute Gasteiger partial charge is 0.423 e. The first kappa shape index (κ1) is 17.3. The Kier molecular flexibility index (Phi) is 6.04. The maximum atomic E-state index is 11.4. The normalized spacial score (nSPS) is 10.1. The average molecular weight is 331 g/mol. The van der Waals surface area contributed by atoms with Gasteiger partial charge in [0.2, 0.25) is 5.75 Å². The second kappa shape index (κ2) is 7.33. The number of Topliss-reactive ketones (excluding diaryl/α,β-unsaturated/α-hetero) is 1. The predicted molar refractivity (Wildman–Crippen MR) is 84.3 cm³/mol. The van der Waals surface area contributed by atoms with Crippen LogP contribution in [0.2, 0.25) is 5.02 Å². The molecular formula is C13H15ClN2O4S. The summed E-state index contributed by atoms with van der Waals surface area (Å²) in [6.07, 6.45) is 0. The maximum Gasteiger partial charge on any atom is 0.313 e. The van der Waals surface area contributed by atoms with Crippen molar-refractivity contribution in [2.75, 3.05) is 13.1 Å². The molecule has 1 rings (SSSR count). The zero-order chi connectivity index (χ0) is 16.2. The molecule has 8 heteroatoms. The highest BCUT2D eigenvalue weighted by Gasteiger charge is 2.24. The van der Waals surface area contributed by atoms with Gasteiger partial charge in [-0.15, -0.1) is 0 Å². The van der Waals surface area contributed by atoms with Gasteiger partial charge >= 0.3 is 5.69 Å². The molecule has 114 valence electrons. The van der Waals surface area contributed by atoms with Crippen LogP contribution in [0.1, 0.15) is 31.1 Å². The van der Waals surface area contributed by atoms with Gasteiger partial charge in [-0.05, 0) is 39.1 Å². The number of thiocarbonyl (C=S) groups is 1. The summed E-state index contributed by atoms with van der Waals surface area (Å²) in [4.78, 5) is 23.6. The molecular weight excluding hydrogens is 316 g/mol. The minimum atomic E-state index is -0.654. The van der Waals surface area contributed by atoms with Crippen molar-refractivity contribution in [2.45, 2.75) is 20.8 Å². The fourth-order valence-corrected chi connectivity index (χ4v) is 2.25. The second-order valence-corrected chi connectivity index (χ2v) is 4.92. The Morgan fingerprint density at radius 2 is 2.00 bits per heavy atom. The lowest BCUT2D eigenvalue weighted by molar-refractivity contribution is -0.385. The molecule has 0 aliphatic rings. The topological polar surface area (TPSA) is 72.7 Å². The van der Waals surface area contributed by atoms with Crippen molar-refractivity contribution in [3.8, 4) is 5.75 Å². The van der Waals surface area contributed by atoms with E-state index in [4.69, 9.17) is 28.6 Å². The maximum absolute atomic E-state index is 11.4. The van der Waals surface area contributed by atoms with Crippen LogP contribution in [-0.2, 0) is 0 Å². The molecule has 0 unspecified atom stereocenters. The van der Waals surface area contributed by atoms with E-state index >= 15 is 0 Å². The van der Waals surface area contributed by atoms with Crippen LogP contribution < -0.4 is 4.74 Å². The number of ether oxygens (including phenoxy) is 1. The smallest absolute Gasteiger partial charge is 0.313 e. The minimum Gasteiger partial charge on any atom is -0.423 e. The number of nitrogens with zero attached hydrogens (tertiary/aromatic N) is 2. The molecule has 0 fully saturated rings. The van der Waals surface area contributed by atoms with Crippen molar-refractivity contribution in [3.05, 3.63) is 32.8 Å². The summed E-state index contributed by atoms with van der Waals surface area (Å²) in [5.74, 6) is -0.471. The van der Waals surface area contributed by atoms with Gasteiger partial charge < -0.3 is 9.64 Å². The summed E-state index contributed by atoms with van der Waals surface area (Å²) >= 11 is 11.1. The third kappa shape index (κ3) is 4.12. The van der Waals surface area contributed by atoms with Gasteiger partial charge in [0.25, 0.3) is 5.17 Å². The van der Waals surface area contributed by atoms with Crippen molar-refractivity contribution >= 4 is 40.5 Å². The molecule has 0 aliphatic heterocycles. The first-order valence-corrected chi connectivity index (χ1v) is 7.06. The van der Waals surface area contributed by atoms with E-state index in [1.165, 1.54) is 13.0 Å². The van der Waals surface area contributed by atoms with Crippen LogP contribution in [0.3, 0.4) is 0 Å². The Hall–Kier alpha value is -1.73. The molecule has 0 heterocycles. The third-order valence-electron chi connectivity index (χ3n) is 2.84. The Balaban J connectivity index is 3.26. The standard InChI is InChI=1S/C13H15ClN2O4S/c1-4-15(5-2)13(21)20-12-10(14)6-9(8(3)17)7-11(12)16(18)19/h6-7H,4-5H2,1-3H3. The molecule has 0 saturated carbocycles. The molecule has 21 heavy (non-hydrogen) atoms. The van der Waals surface area contributed by atoms with Gasteiger partial charge in [0.1, 0.15) is 0 Å². The van der Waals surface area contributed by atoms with Crippen molar-refractivity contribution in [1.29, 1.82) is 0 Å². The van der Waals surface area contributed by atoms with Crippen LogP contribution in [0.5, 0.6) is 5.75 Å². The highest BCUT2D eigenvalue weighted by Crippen LogP contribution is 2.36. The van der Waals surface area contributed by atoms with Crippen molar-refractivity contribution in [1.82, 2.24) is 4.90 Å². The summed E-state index contributed by atoms with van der Waals surface area (Å²) in [7, 11) is 0. The monoisotopic (exact) mass is 330 g/mol. The van der Waals surface area contributed by atoms with E-state index in [2.05, 4.69) is 0 Å². The average Bonchev–Trinajstić information content (AvgIpc) is 2.41. The van der Waals surface area contributed by atoms with E-state index in [0.717, 1.165) is 6.07 Å². The highest BCUT2D eigenvalue weighted by atomic mass is 35.5. The second-order valence-electron chi connectivity index (χ2n) is 4.16. The van der Waals surface area contributed by atoms with Crippen molar-refractivity contribution in [3.63, 3.8) is 0 Å². The zero-order valence-corrected chi connectivity index (χ0v) is 13.5. The number of halogens is 1. The van der Waals surface area contributed by atoms with Crippen LogP contribution in [0.15, 0.2) is 12.1 Å². The van der Waals surface area contributed by atoms with Gasteiger partial charge in [0, 0.05) is 24.7 Å². The molecule has 0 amide bonds. The highest BCUT2D eigenvalue weighted by molar-refractivity contribution is 7.80. The number of hydrogen-bond donors (Lipinski definition) is 0. The SMILES string of the molecule is CCN(CC)C(=S)Oc1c(Cl)cc(C(C)=O)cc1[N+](=O)[O-]. The Morgan fingerprint density at radius 1 is 1.43 bits per heavy atom. The van der Waals surface area contributed by atoms with E-state index in [-0.39, 0.29) is 33.0 Å². The summed E-state index contributed by atoms with van der Waals surface area (Å²) in [5.41, 5.74) is -0.241.